The lowest BCUT2D eigenvalue weighted by Gasteiger charge is -2.36. The smallest absolute Gasteiger partial charge is 0.258 e. The summed E-state index contributed by atoms with van der Waals surface area (Å²) in [5, 5.41) is 2.27. The van der Waals surface area contributed by atoms with Gasteiger partial charge in [0.1, 0.15) is 0 Å². The lowest BCUT2D eigenvalue weighted by atomic mass is 10.1. The second-order valence-corrected chi connectivity index (χ2v) is 7.66. The Kier molecular flexibility index (Phi) is 4.49. The van der Waals surface area contributed by atoms with Crippen LogP contribution in [0.15, 0.2) is 66.7 Å². The maximum atomic E-state index is 12.9. The van der Waals surface area contributed by atoms with E-state index >= 15 is 0 Å². The van der Waals surface area contributed by atoms with Crippen LogP contribution in [0.1, 0.15) is 16.8 Å². The summed E-state index contributed by atoms with van der Waals surface area (Å²) in [7, 11) is 0. The Morgan fingerprint density at radius 2 is 1.50 bits per heavy atom. The summed E-state index contributed by atoms with van der Waals surface area (Å²) in [5.74, 6) is 0.153. The van der Waals surface area contributed by atoms with E-state index in [4.69, 9.17) is 0 Å². The van der Waals surface area contributed by atoms with Crippen molar-refractivity contribution in [3.63, 3.8) is 0 Å². The number of carbonyl (C=O) groups is 1. The van der Waals surface area contributed by atoms with Crippen LogP contribution in [0.2, 0.25) is 0 Å². The summed E-state index contributed by atoms with van der Waals surface area (Å²) in [6, 6.07) is 22.9. The molecule has 0 unspecified atom stereocenters. The van der Waals surface area contributed by atoms with Crippen molar-refractivity contribution >= 4 is 28.1 Å². The molecule has 0 aliphatic carbocycles. The molecule has 3 aromatic carbocycles. The van der Waals surface area contributed by atoms with Gasteiger partial charge < -0.3 is 9.80 Å². The molecule has 2 aliphatic heterocycles. The van der Waals surface area contributed by atoms with Crippen LogP contribution < -0.4 is 9.80 Å². The summed E-state index contributed by atoms with van der Waals surface area (Å²) in [6.07, 6.45) is 1.00. The number of amides is 1. The van der Waals surface area contributed by atoms with Crippen molar-refractivity contribution in [1.82, 2.24) is 4.90 Å². The summed E-state index contributed by atoms with van der Waals surface area (Å²) < 4.78 is 0. The highest BCUT2D eigenvalue weighted by molar-refractivity contribution is 6.24. The summed E-state index contributed by atoms with van der Waals surface area (Å²) in [6.45, 7) is 6.12. The second kappa shape index (κ2) is 7.28. The van der Waals surface area contributed by atoms with E-state index in [1.807, 2.05) is 17.0 Å². The van der Waals surface area contributed by atoms with Gasteiger partial charge in [0.15, 0.2) is 0 Å². The zero-order chi connectivity index (χ0) is 18.9. The van der Waals surface area contributed by atoms with Crippen LogP contribution in [0.25, 0.3) is 10.8 Å². The molecule has 4 heteroatoms. The molecule has 2 aliphatic rings. The van der Waals surface area contributed by atoms with E-state index in [0.717, 1.165) is 67.7 Å². The number of piperazine rings is 1. The molecule has 1 fully saturated rings. The van der Waals surface area contributed by atoms with Gasteiger partial charge in [-0.05, 0) is 42.6 Å². The van der Waals surface area contributed by atoms with Gasteiger partial charge in [0.25, 0.3) is 5.91 Å². The van der Waals surface area contributed by atoms with Gasteiger partial charge in [0, 0.05) is 49.4 Å². The van der Waals surface area contributed by atoms with Gasteiger partial charge >= 0.3 is 0 Å². The molecule has 0 spiro atoms. The fraction of sp³-hybridized carbons (Fsp3) is 0.292. The van der Waals surface area contributed by atoms with Crippen molar-refractivity contribution in [2.45, 2.75) is 6.42 Å². The van der Waals surface area contributed by atoms with Gasteiger partial charge in [0.2, 0.25) is 0 Å². The van der Waals surface area contributed by atoms with Gasteiger partial charge in [-0.1, -0.05) is 42.5 Å². The Bertz CT molecular complexity index is 988. The first-order chi connectivity index (χ1) is 13.8. The highest BCUT2D eigenvalue weighted by atomic mass is 16.2. The predicted octanol–water partition coefficient (Wildman–Crippen LogP) is 4.01. The SMILES string of the molecule is O=C1c2cccc3cccc(c23)N1CCCN1CCN(c2ccccc2)CC1. The molecule has 1 amide bonds. The molecule has 142 valence electrons. The molecule has 0 N–H and O–H groups in total. The molecule has 2 heterocycles. The van der Waals surface area contributed by atoms with Crippen molar-refractivity contribution in [3.8, 4) is 0 Å². The zero-order valence-corrected chi connectivity index (χ0v) is 16.1. The van der Waals surface area contributed by atoms with Crippen LogP contribution in [0.4, 0.5) is 11.4 Å². The van der Waals surface area contributed by atoms with E-state index in [-0.39, 0.29) is 5.91 Å². The Labute approximate surface area is 166 Å². The predicted molar refractivity (Wildman–Crippen MR) is 115 cm³/mol. The average molecular weight is 371 g/mol. The largest absolute Gasteiger partial charge is 0.369 e. The van der Waals surface area contributed by atoms with E-state index in [1.165, 1.54) is 5.69 Å². The third-order valence-electron chi connectivity index (χ3n) is 6.00. The van der Waals surface area contributed by atoms with Gasteiger partial charge in [-0.25, -0.2) is 0 Å². The number of anilines is 2. The topological polar surface area (TPSA) is 26.8 Å². The third-order valence-corrected chi connectivity index (χ3v) is 6.00. The maximum absolute atomic E-state index is 12.9. The molecule has 4 nitrogen and oxygen atoms in total. The van der Waals surface area contributed by atoms with E-state index < -0.39 is 0 Å². The number of nitrogens with zero attached hydrogens (tertiary/aromatic N) is 3. The number of carbonyl (C=O) groups excluding carboxylic acids is 1. The normalized spacial score (nSPS) is 16.9. The van der Waals surface area contributed by atoms with Crippen LogP contribution in [0, 0.1) is 0 Å². The van der Waals surface area contributed by atoms with E-state index in [0.29, 0.717) is 0 Å². The van der Waals surface area contributed by atoms with Crippen molar-refractivity contribution in [2.24, 2.45) is 0 Å². The lowest BCUT2D eigenvalue weighted by molar-refractivity contribution is 0.0992. The first-order valence-electron chi connectivity index (χ1n) is 10.2. The van der Waals surface area contributed by atoms with E-state index in [9.17, 15) is 4.79 Å². The first kappa shape index (κ1) is 17.3. The van der Waals surface area contributed by atoms with Crippen molar-refractivity contribution < 1.29 is 4.79 Å². The van der Waals surface area contributed by atoms with Crippen molar-refractivity contribution in [1.29, 1.82) is 0 Å². The molecule has 3 aromatic rings. The average Bonchev–Trinajstić information content (AvgIpc) is 3.03. The third kappa shape index (κ3) is 3.04. The Balaban J connectivity index is 1.18. The van der Waals surface area contributed by atoms with Crippen LogP contribution in [-0.4, -0.2) is 50.1 Å². The Morgan fingerprint density at radius 3 is 2.29 bits per heavy atom. The van der Waals surface area contributed by atoms with Gasteiger partial charge in [-0.15, -0.1) is 0 Å². The Hall–Kier alpha value is -2.85. The van der Waals surface area contributed by atoms with Gasteiger partial charge in [-0.3, -0.25) is 9.69 Å². The quantitative estimate of drug-likeness (QED) is 0.678. The second-order valence-electron chi connectivity index (χ2n) is 7.66. The minimum absolute atomic E-state index is 0.153. The van der Waals surface area contributed by atoms with Crippen LogP contribution >= 0.6 is 0 Å². The van der Waals surface area contributed by atoms with Gasteiger partial charge in [0.05, 0.1) is 5.69 Å². The standard InChI is InChI=1S/C24H25N3O/c28-24-21-11-4-7-19-8-5-12-22(23(19)21)27(24)14-6-13-25-15-17-26(18-16-25)20-9-2-1-3-10-20/h1-5,7-12H,6,13-18H2. The molecular formula is C24H25N3O. The molecule has 0 saturated carbocycles. The first-order valence-corrected chi connectivity index (χ1v) is 10.2. The molecule has 0 radical (unpaired) electrons. The fourth-order valence-corrected chi connectivity index (χ4v) is 4.52. The lowest BCUT2D eigenvalue weighted by Crippen LogP contribution is -2.47. The molecule has 0 bridgehead atoms. The van der Waals surface area contributed by atoms with E-state index in [1.54, 1.807) is 0 Å². The number of benzene rings is 3. The Morgan fingerprint density at radius 1 is 0.750 bits per heavy atom. The molecule has 1 saturated heterocycles. The summed E-state index contributed by atoms with van der Waals surface area (Å²) >= 11 is 0. The highest BCUT2D eigenvalue weighted by Crippen LogP contribution is 2.37. The molecular weight excluding hydrogens is 346 g/mol. The van der Waals surface area contributed by atoms with Crippen LogP contribution in [-0.2, 0) is 0 Å². The van der Waals surface area contributed by atoms with E-state index in [2.05, 4.69) is 64.4 Å². The van der Waals surface area contributed by atoms with Crippen LogP contribution in [0.5, 0.6) is 0 Å². The van der Waals surface area contributed by atoms with Crippen LogP contribution in [0.3, 0.4) is 0 Å². The molecule has 0 aromatic heterocycles. The minimum atomic E-state index is 0.153. The summed E-state index contributed by atoms with van der Waals surface area (Å²) in [4.78, 5) is 19.8. The monoisotopic (exact) mass is 371 g/mol. The molecule has 5 rings (SSSR count). The fourth-order valence-electron chi connectivity index (χ4n) is 4.52. The molecule has 28 heavy (non-hydrogen) atoms. The van der Waals surface area contributed by atoms with Gasteiger partial charge in [-0.2, -0.15) is 0 Å². The zero-order valence-electron chi connectivity index (χ0n) is 16.1. The molecule has 0 atom stereocenters. The number of para-hydroxylation sites is 1. The number of hydrogen-bond acceptors (Lipinski definition) is 3. The minimum Gasteiger partial charge on any atom is -0.369 e. The van der Waals surface area contributed by atoms with Crippen molar-refractivity contribution in [2.75, 3.05) is 49.1 Å². The number of hydrogen-bond donors (Lipinski definition) is 0. The summed E-state index contributed by atoms with van der Waals surface area (Å²) in [5.41, 5.74) is 3.24. The van der Waals surface area contributed by atoms with Crippen molar-refractivity contribution in [3.05, 3.63) is 72.3 Å². The highest BCUT2D eigenvalue weighted by Gasteiger charge is 2.29. The maximum Gasteiger partial charge on any atom is 0.258 e. The number of rotatable bonds is 5.